The maximum absolute atomic E-state index is 3.56. The summed E-state index contributed by atoms with van der Waals surface area (Å²) in [6, 6.07) is 9.38. The fourth-order valence-corrected chi connectivity index (χ4v) is 3.84. The monoisotopic (exact) mass is 255 g/mol. The van der Waals surface area contributed by atoms with E-state index in [1.165, 1.54) is 48.9 Å². The highest BCUT2D eigenvalue weighted by Crippen LogP contribution is 2.29. The molecule has 1 aromatic carbocycles. The van der Waals surface area contributed by atoms with Crippen molar-refractivity contribution in [3.63, 3.8) is 0 Å². The second kappa shape index (κ2) is 4.66. The molecule has 2 aliphatic heterocycles. The first-order valence-electron chi connectivity index (χ1n) is 7.41. The zero-order valence-corrected chi connectivity index (χ0v) is 11.2. The molecule has 2 aromatic rings. The van der Waals surface area contributed by atoms with Crippen LogP contribution >= 0.6 is 0 Å². The standard InChI is InChI=1S/C16H21N3/c1-2-6-15-14(5-1)13(9-18-15)11-19-7-3-4-12-8-17-10-16(12)19/h1-2,5-6,9,12,16-18H,3-4,7-8,10-11H2. The highest BCUT2D eigenvalue weighted by Gasteiger charge is 2.34. The number of fused-ring (bicyclic) bond motifs is 2. The molecule has 2 unspecified atom stereocenters. The Labute approximate surface area is 114 Å². The summed E-state index contributed by atoms with van der Waals surface area (Å²) in [4.78, 5) is 6.08. The van der Waals surface area contributed by atoms with Crippen LogP contribution in [0.1, 0.15) is 18.4 Å². The molecule has 2 atom stereocenters. The quantitative estimate of drug-likeness (QED) is 0.863. The third-order valence-corrected chi connectivity index (χ3v) is 4.84. The van der Waals surface area contributed by atoms with Crippen LogP contribution in [0.4, 0.5) is 0 Å². The maximum atomic E-state index is 3.56. The number of H-pyrrole nitrogens is 1. The Morgan fingerprint density at radius 1 is 1.21 bits per heavy atom. The normalized spacial score (nSPS) is 27.8. The highest BCUT2D eigenvalue weighted by molar-refractivity contribution is 5.82. The molecule has 100 valence electrons. The summed E-state index contributed by atoms with van der Waals surface area (Å²) < 4.78 is 0. The van der Waals surface area contributed by atoms with Crippen LogP contribution in [0.15, 0.2) is 30.5 Å². The van der Waals surface area contributed by atoms with Crippen LogP contribution in [0.3, 0.4) is 0 Å². The summed E-state index contributed by atoms with van der Waals surface area (Å²) in [7, 11) is 0. The zero-order valence-electron chi connectivity index (χ0n) is 11.2. The van der Waals surface area contributed by atoms with Gasteiger partial charge in [-0.3, -0.25) is 4.90 Å². The van der Waals surface area contributed by atoms with Gasteiger partial charge in [-0.2, -0.15) is 0 Å². The lowest BCUT2D eigenvalue weighted by Gasteiger charge is -2.36. The van der Waals surface area contributed by atoms with Crippen molar-refractivity contribution in [2.24, 2.45) is 5.92 Å². The molecule has 2 saturated heterocycles. The highest BCUT2D eigenvalue weighted by atomic mass is 15.2. The first-order valence-corrected chi connectivity index (χ1v) is 7.41. The molecule has 3 heteroatoms. The second-order valence-corrected chi connectivity index (χ2v) is 5.96. The van der Waals surface area contributed by atoms with Gasteiger partial charge >= 0.3 is 0 Å². The Hall–Kier alpha value is -1.32. The summed E-state index contributed by atoms with van der Waals surface area (Å²) in [5.74, 6) is 0.874. The molecule has 3 heterocycles. The first kappa shape index (κ1) is 11.5. The van der Waals surface area contributed by atoms with Crippen LogP contribution in [0.25, 0.3) is 10.9 Å². The van der Waals surface area contributed by atoms with Gasteiger partial charge in [0, 0.05) is 36.2 Å². The number of aromatic amines is 1. The van der Waals surface area contributed by atoms with Crippen molar-refractivity contribution in [1.82, 2.24) is 15.2 Å². The van der Waals surface area contributed by atoms with E-state index in [2.05, 4.69) is 45.7 Å². The first-order chi connectivity index (χ1) is 9.42. The zero-order chi connectivity index (χ0) is 12.7. The van der Waals surface area contributed by atoms with Gasteiger partial charge in [-0.1, -0.05) is 18.2 Å². The van der Waals surface area contributed by atoms with Crippen molar-refractivity contribution in [2.75, 3.05) is 19.6 Å². The number of benzene rings is 1. The number of likely N-dealkylation sites (tertiary alicyclic amines) is 1. The van der Waals surface area contributed by atoms with Crippen molar-refractivity contribution in [3.8, 4) is 0 Å². The number of nitrogens with one attached hydrogen (secondary N) is 2. The van der Waals surface area contributed by atoms with Gasteiger partial charge in [0.15, 0.2) is 0 Å². The molecule has 0 saturated carbocycles. The van der Waals surface area contributed by atoms with Gasteiger partial charge in [0.2, 0.25) is 0 Å². The van der Waals surface area contributed by atoms with Crippen LogP contribution in [0.5, 0.6) is 0 Å². The Kier molecular flexibility index (Phi) is 2.82. The molecule has 1 aromatic heterocycles. The van der Waals surface area contributed by atoms with Crippen LogP contribution in [-0.2, 0) is 6.54 Å². The van der Waals surface area contributed by atoms with Gasteiger partial charge in [0.1, 0.15) is 0 Å². The minimum Gasteiger partial charge on any atom is -0.361 e. The summed E-state index contributed by atoms with van der Waals surface area (Å²) in [6.45, 7) is 4.73. The van der Waals surface area contributed by atoms with Crippen molar-refractivity contribution in [3.05, 3.63) is 36.0 Å². The fourth-order valence-electron chi connectivity index (χ4n) is 3.84. The lowest BCUT2D eigenvalue weighted by atomic mass is 9.91. The Morgan fingerprint density at radius 2 is 2.16 bits per heavy atom. The van der Waals surface area contributed by atoms with Gasteiger partial charge < -0.3 is 10.3 Å². The molecule has 0 aliphatic carbocycles. The van der Waals surface area contributed by atoms with E-state index in [0.29, 0.717) is 0 Å². The van der Waals surface area contributed by atoms with E-state index in [1.54, 1.807) is 0 Å². The third-order valence-electron chi connectivity index (χ3n) is 4.84. The SMILES string of the molecule is c1ccc2c(CN3CCCC4CNCC43)c[nH]c2c1. The summed E-state index contributed by atoms with van der Waals surface area (Å²) in [5.41, 5.74) is 2.71. The molecule has 4 rings (SSSR count). The Morgan fingerprint density at radius 3 is 3.16 bits per heavy atom. The fraction of sp³-hybridized carbons (Fsp3) is 0.500. The molecule has 2 fully saturated rings. The minimum absolute atomic E-state index is 0.752. The predicted molar refractivity (Wildman–Crippen MR) is 78.1 cm³/mol. The molecule has 0 radical (unpaired) electrons. The smallest absolute Gasteiger partial charge is 0.0457 e. The molecular formula is C16H21N3. The van der Waals surface area contributed by atoms with Crippen molar-refractivity contribution < 1.29 is 0 Å². The van der Waals surface area contributed by atoms with Gasteiger partial charge in [0.05, 0.1) is 0 Å². The number of rotatable bonds is 2. The van der Waals surface area contributed by atoms with Gasteiger partial charge in [-0.25, -0.2) is 0 Å². The van der Waals surface area contributed by atoms with E-state index in [1.807, 2.05) is 0 Å². The third kappa shape index (κ3) is 1.97. The minimum atomic E-state index is 0.752. The summed E-state index contributed by atoms with van der Waals surface area (Å²) >= 11 is 0. The average molecular weight is 255 g/mol. The molecule has 2 N–H and O–H groups in total. The van der Waals surface area contributed by atoms with E-state index >= 15 is 0 Å². The molecule has 0 bridgehead atoms. The average Bonchev–Trinajstić information content (AvgIpc) is 3.06. The maximum Gasteiger partial charge on any atom is 0.0457 e. The van der Waals surface area contributed by atoms with Crippen LogP contribution in [0, 0.1) is 5.92 Å². The van der Waals surface area contributed by atoms with Crippen LogP contribution in [-0.4, -0.2) is 35.6 Å². The van der Waals surface area contributed by atoms with Crippen molar-refractivity contribution in [1.29, 1.82) is 0 Å². The van der Waals surface area contributed by atoms with Gasteiger partial charge in [-0.05, 0) is 43.5 Å². The molecule has 2 aliphatic rings. The lowest BCUT2D eigenvalue weighted by Crippen LogP contribution is -2.44. The van der Waals surface area contributed by atoms with E-state index in [-0.39, 0.29) is 0 Å². The molecule has 0 spiro atoms. The van der Waals surface area contributed by atoms with E-state index in [0.717, 1.165) is 18.5 Å². The summed E-state index contributed by atoms with van der Waals surface area (Å²) in [6.07, 6.45) is 4.95. The van der Waals surface area contributed by atoms with E-state index < -0.39 is 0 Å². The summed E-state index contributed by atoms with van der Waals surface area (Å²) in [5, 5.41) is 4.95. The number of hydrogen-bond acceptors (Lipinski definition) is 2. The van der Waals surface area contributed by atoms with Crippen molar-refractivity contribution in [2.45, 2.75) is 25.4 Å². The van der Waals surface area contributed by atoms with Crippen LogP contribution in [0.2, 0.25) is 0 Å². The molecule has 0 amide bonds. The molecular weight excluding hydrogens is 234 g/mol. The largest absolute Gasteiger partial charge is 0.361 e. The van der Waals surface area contributed by atoms with Crippen molar-refractivity contribution >= 4 is 10.9 Å². The number of nitrogens with zero attached hydrogens (tertiary/aromatic N) is 1. The molecule has 3 nitrogen and oxygen atoms in total. The molecule has 19 heavy (non-hydrogen) atoms. The number of aromatic nitrogens is 1. The Bertz CT molecular complexity index is 574. The number of para-hydroxylation sites is 1. The van der Waals surface area contributed by atoms with Crippen LogP contribution < -0.4 is 5.32 Å². The van der Waals surface area contributed by atoms with E-state index in [4.69, 9.17) is 0 Å². The predicted octanol–water partition coefficient (Wildman–Crippen LogP) is 2.35. The second-order valence-electron chi connectivity index (χ2n) is 5.96. The van der Waals surface area contributed by atoms with Gasteiger partial charge in [-0.15, -0.1) is 0 Å². The Balaban J connectivity index is 1.60. The number of hydrogen-bond donors (Lipinski definition) is 2. The van der Waals surface area contributed by atoms with Gasteiger partial charge in [0.25, 0.3) is 0 Å². The lowest BCUT2D eigenvalue weighted by molar-refractivity contribution is 0.118. The van der Waals surface area contributed by atoms with E-state index in [9.17, 15) is 0 Å². The topological polar surface area (TPSA) is 31.1 Å². The number of piperidine rings is 1.